The van der Waals surface area contributed by atoms with Gasteiger partial charge in [-0.05, 0) is 12.8 Å². The maximum atomic E-state index is 12.6. The standard InChI is InChI=1S/C17H29N3O2S.ClH/c21-16(12-15-13-23-11-6-18-15)19-7-9-20(10-8-19)17(22)14-4-2-1-3-5-14;/h14-15,18H,1-13H2;1H. The van der Waals surface area contributed by atoms with Crippen LogP contribution in [0.1, 0.15) is 38.5 Å². The summed E-state index contributed by atoms with van der Waals surface area (Å²) in [4.78, 5) is 28.9. The molecule has 7 heteroatoms. The smallest absolute Gasteiger partial charge is 0.225 e. The summed E-state index contributed by atoms with van der Waals surface area (Å²) in [6, 6.07) is 0.322. The molecular weight excluding hydrogens is 346 g/mol. The molecule has 0 spiro atoms. The first kappa shape index (κ1) is 19.9. The number of piperazine rings is 1. The average Bonchev–Trinajstić information content (AvgIpc) is 2.63. The molecule has 5 nitrogen and oxygen atoms in total. The predicted octanol–water partition coefficient (Wildman–Crippen LogP) is 1.75. The minimum absolute atomic E-state index is 0. The van der Waals surface area contributed by atoms with Gasteiger partial charge in [0.15, 0.2) is 0 Å². The number of rotatable bonds is 3. The Labute approximate surface area is 155 Å². The summed E-state index contributed by atoms with van der Waals surface area (Å²) >= 11 is 1.93. The van der Waals surface area contributed by atoms with Crippen molar-refractivity contribution in [3.63, 3.8) is 0 Å². The van der Waals surface area contributed by atoms with E-state index in [1.807, 2.05) is 21.6 Å². The Hall–Kier alpha value is -0.460. The van der Waals surface area contributed by atoms with Crippen molar-refractivity contribution < 1.29 is 9.59 Å². The monoisotopic (exact) mass is 375 g/mol. The molecule has 0 aromatic rings. The zero-order chi connectivity index (χ0) is 16.1. The number of nitrogens with zero attached hydrogens (tertiary/aromatic N) is 2. The van der Waals surface area contributed by atoms with Crippen molar-refractivity contribution >= 4 is 36.0 Å². The molecule has 1 atom stereocenters. The van der Waals surface area contributed by atoms with E-state index in [2.05, 4.69) is 5.32 Å². The van der Waals surface area contributed by atoms with E-state index in [1.54, 1.807) is 0 Å². The highest BCUT2D eigenvalue weighted by Crippen LogP contribution is 2.26. The van der Waals surface area contributed by atoms with Crippen LogP contribution in [-0.4, -0.2) is 71.9 Å². The molecule has 2 saturated heterocycles. The van der Waals surface area contributed by atoms with Gasteiger partial charge in [0.05, 0.1) is 0 Å². The molecule has 24 heavy (non-hydrogen) atoms. The van der Waals surface area contributed by atoms with E-state index in [0.717, 1.165) is 30.9 Å². The van der Waals surface area contributed by atoms with Crippen molar-refractivity contribution in [1.29, 1.82) is 0 Å². The number of hydrogen-bond acceptors (Lipinski definition) is 4. The molecular formula is C17H30ClN3O2S. The number of thioether (sulfide) groups is 1. The topological polar surface area (TPSA) is 52.7 Å². The van der Waals surface area contributed by atoms with Crippen LogP contribution < -0.4 is 5.32 Å². The lowest BCUT2D eigenvalue weighted by Crippen LogP contribution is -2.53. The summed E-state index contributed by atoms with van der Waals surface area (Å²) in [7, 11) is 0. The van der Waals surface area contributed by atoms with Gasteiger partial charge in [0.2, 0.25) is 11.8 Å². The van der Waals surface area contributed by atoms with E-state index in [-0.39, 0.29) is 24.2 Å². The largest absolute Gasteiger partial charge is 0.339 e. The lowest BCUT2D eigenvalue weighted by atomic mass is 9.88. The molecule has 2 amide bonds. The number of hydrogen-bond donors (Lipinski definition) is 1. The molecule has 1 unspecified atom stereocenters. The van der Waals surface area contributed by atoms with Crippen LogP contribution in [0.4, 0.5) is 0 Å². The first-order valence-electron chi connectivity index (χ1n) is 9.12. The molecule has 3 aliphatic rings. The maximum Gasteiger partial charge on any atom is 0.225 e. The van der Waals surface area contributed by atoms with E-state index in [0.29, 0.717) is 44.5 Å². The quantitative estimate of drug-likeness (QED) is 0.816. The van der Waals surface area contributed by atoms with Crippen LogP contribution in [0.15, 0.2) is 0 Å². The van der Waals surface area contributed by atoms with Crippen LogP contribution in [-0.2, 0) is 9.59 Å². The van der Waals surface area contributed by atoms with Crippen molar-refractivity contribution in [3.8, 4) is 0 Å². The van der Waals surface area contributed by atoms with E-state index in [9.17, 15) is 9.59 Å². The number of nitrogens with one attached hydrogen (secondary N) is 1. The highest BCUT2D eigenvalue weighted by molar-refractivity contribution is 7.99. The maximum absolute atomic E-state index is 12.6. The average molecular weight is 376 g/mol. The molecule has 2 heterocycles. The second kappa shape index (κ2) is 9.88. The minimum Gasteiger partial charge on any atom is -0.339 e. The molecule has 1 aliphatic carbocycles. The summed E-state index contributed by atoms with van der Waals surface area (Å²) < 4.78 is 0. The summed E-state index contributed by atoms with van der Waals surface area (Å²) in [6.45, 7) is 3.85. The predicted molar refractivity (Wildman–Crippen MR) is 101 cm³/mol. The lowest BCUT2D eigenvalue weighted by Gasteiger charge is -2.37. The summed E-state index contributed by atoms with van der Waals surface area (Å²) in [6.07, 6.45) is 6.39. The van der Waals surface area contributed by atoms with Crippen molar-refractivity contribution in [2.45, 2.75) is 44.6 Å². The second-order valence-electron chi connectivity index (χ2n) is 6.97. The molecule has 0 radical (unpaired) electrons. The van der Waals surface area contributed by atoms with Gasteiger partial charge >= 0.3 is 0 Å². The highest BCUT2D eigenvalue weighted by atomic mass is 35.5. The first-order chi connectivity index (χ1) is 11.2. The third-order valence-corrected chi connectivity index (χ3v) is 6.45. The van der Waals surface area contributed by atoms with Gasteiger partial charge in [0, 0.05) is 62.6 Å². The summed E-state index contributed by atoms with van der Waals surface area (Å²) in [5.41, 5.74) is 0. The number of amides is 2. The Morgan fingerprint density at radius 3 is 2.29 bits per heavy atom. The Balaban J connectivity index is 0.00000208. The molecule has 3 fully saturated rings. The van der Waals surface area contributed by atoms with Crippen molar-refractivity contribution in [3.05, 3.63) is 0 Å². The van der Waals surface area contributed by atoms with Crippen molar-refractivity contribution in [2.75, 3.05) is 44.2 Å². The highest BCUT2D eigenvalue weighted by Gasteiger charge is 2.30. The second-order valence-corrected chi connectivity index (χ2v) is 8.12. The third kappa shape index (κ3) is 5.27. The Bertz CT molecular complexity index is 418. The fraction of sp³-hybridized carbons (Fsp3) is 0.882. The van der Waals surface area contributed by atoms with Gasteiger partial charge in [-0.15, -0.1) is 12.4 Å². The molecule has 0 bridgehead atoms. The van der Waals surface area contributed by atoms with E-state index in [1.165, 1.54) is 19.3 Å². The molecule has 1 saturated carbocycles. The van der Waals surface area contributed by atoms with Crippen LogP contribution in [0.2, 0.25) is 0 Å². The molecule has 138 valence electrons. The Morgan fingerprint density at radius 1 is 1.00 bits per heavy atom. The van der Waals surface area contributed by atoms with Crippen LogP contribution in [0.3, 0.4) is 0 Å². The SMILES string of the molecule is Cl.O=C(CC1CSCCN1)N1CCN(C(=O)C2CCCCC2)CC1. The van der Waals surface area contributed by atoms with Gasteiger partial charge in [-0.1, -0.05) is 19.3 Å². The lowest BCUT2D eigenvalue weighted by molar-refractivity contribution is -0.143. The van der Waals surface area contributed by atoms with E-state index < -0.39 is 0 Å². The zero-order valence-electron chi connectivity index (χ0n) is 14.4. The Kier molecular flexibility index (Phi) is 8.17. The summed E-state index contributed by atoms with van der Waals surface area (Å²) in [5.74, 6) is 3.00. The number of carbonyl (C=O) groups excluding carboxylic acids is 2. The van der Waals surface area contributed by atoms with Gasteiger partial charge in [0.25, 0.3) is 0 Å². The normalized spacial score (nSPS) is 25.9. The molecule has 0 aromatic carbocycles. The fourth-order valence-electron chi connectivity index (χ4n) is 3.87. The van der Waals surface area contributed by atoms with Crippen LogP contribution in [0.5, 0.6) is 0 Å². The number of halogens is 1. The van der Waals surface area contributed by atoms with Crippen LogP contribution >= 0.6 is 24.2 Å². The van der Waals surface area contributed by atoms with E-state index in [4.69, 9.17) is 0 Å². The van der Waals surface area contributed by atoms with Crippen LogP contribution in [0.25, 0.3) is 0 Å². The Morgan fingerprint density at radius 2 is 1.67 bits per heavy atom. The van der Waals surface area contributed by atoms with Gasteiger partial charge < -0.3 is 15.1 Å². The molecule has 3 rings (SSSR count). The van der Waals surface area contributed by atoms with Gasteiger partial charge in [-0.3, -0.25) is 9.59 Å². The van der Waals surface area contributed by atoms with Crippen molar-refractivity contribution in [1.82, 2.24) is 15.1 Å². The van der Waals surface area contributed by atoms with Gasteiger partial charge in [0.1, 0.15) is 0 Å². The third-order valence-electron chi connectivity index (χ3n) is 5.32. The zero-order valence-corrected chi connectivity index (χ0v) is 16.0. The van der Waals surface area contributed by atoms with Gasteiger partial charge in [-0.25, -0.2) is 0 Å². The first-order valence-corrected chi connectivity index (χ1v) is 10.3. The van der Waals surface area contributed by atoms with Crippen molar-refractivity contribution in [2.24, 2.45) is 5.92 Å². The molecule has 0 aromatic heterocycles. The minimum atomic E-state index is 0. The molecule has 1 N–H and O–H groups in total. The summed E-state index contributed by atoms with van der Waals surface area (Å²) in [5, 5.41) is 3.43. The number of carbonyl (C=O) groups is 2. The van der Waals surface area contributed by atoms with Gasteiger partial charge in [-0.2, -0.15) is 11.8 Å². The molecule has 2 aliphatic heterocycles. The van der Waals surface area contributed by atoms with E-state index >= 15 is 0 Å². The van der Waals surface area contributed by atoms with Crippen LogP contribution in [0, 0.1) is 5.92 Å². The fourth-order valence-corrected chi connectivity index (χ4v) is 4.82.